The average Bonchev–Trinajstić information content (AvgIpc) is 2.00. The number of thiocarbonyl (C=S) groups is 1. The Morgan fingerprint density at radius 2 is 2.00 bits per heavy atom. The van der Waals surface area contributed by atoms with Crippen molar-refractivity contribution in [2.24, 2.45) is 0 Å². The van der Waals surface area contributed by atoms with Gasteiger partial charge in [0.25, 0.3) is 0 Å². The molecule has 60 valence electrons. The first-order valence-electron chi connectivity index (χ1n) is 3.13. The third-order valence-electron chi connectivity index (χ3n) is 1.23. The SMILES string of the molecule is CCC(=S)[C@H](O)[C@H](O)CO. The van der Waals surface area contributed by atoms with Crippen LogP contribution in [-0.4, -0.2) is 39.0 Å². The van der Waals surface area contributed by atoms with Gasteiger partial charge in [-0.25, -0.2) is 0 Å². The van der Waals surface area contributed by atoms with Crippen LogP contribution in [0.4, 0.5) is 0 Å². The molecule has 0 amide bonds. The first kappa shape index (κ1) is 9.97. The van der Waals surface area contributed by atoms with E-state index in [9.17, 15) is 0 Å². The van der Waals surface area contributed by atoms with E-state index in [0.717, 1.165) is 0 Å². The van der Waals surface area contributed by atoms with Crippen LogP contribution in [0.25, 0.3) is 0 Å². The van der Waals surface area contributed by atoms with Crippen molar-refractivity contribution >= 4 is 17.1 Å². The maximum absolute atomic E-state index is 9.04. The van der Waals surface area contributed by atoms with Crippen LogP contribution in [0.1, 0.15) is 13.3 Å². The second kappa shape index (κ2) is 4.73. The Hall–Kier alpha value is -0.0300. The van der Waals surface area contributed by atoms with Gasteiger partial charge in [0.1, 0.15) is 12.2 Å². The van der Waals surface area contributed by atoms with Gasteiger partial charge in [-0.1, -0.05) is 19.1 Å². The number of hydrogen-bond donors (Lipinski definition) is 3. The van der Waals surface area contributed by atoms with E-state index in [4.69, 9.17) is 27.5 Å². The molecule has 0 unspecified atom stereocenters. The van der Waals surface area contributed by atoms with Gasteiger partial charge in [-0.3, -0.25) is 0 Å². The quantitative estimate of drug-likeness (QED) is 0.489. The molecule has 3 nitrogen and oxygen atoms in total. The Balaban J connectivity index is 3.81. The lowest BCUT2D eigenvalue weighted by atomic mass is 10.1. The second-order valence-electron chi connectivity index (χ2n) is 2.01. The van der Waals surface area contributed by atoms with Crippen LogP contribution >= 0.6 is 12.2 Å². The zero-order valence-corrected chi connectivity index (χ0v) is 6.64. The molecule has 0 aliphatic carbocycles. The molecule has 0 heterocycles. The number of aliphatic hydroxyl groups excluding tert-OH is 3. The van der Waals surface area contributed by atoms with Gasteiger partial charge in [0.15, 0.2) is 0 Å². The number of aliphatic hydroxyl groups is 3. The summed E-state index contributed by atoms with van der Waals surface area (Å²) in [6, 6.07) is 0. The molecule has 0 aromatic heterocycles. The van der Waals surface area contributed by atoms with E-state index in [-0.39, 0.29) is 0 Å². The van der Waals surface area contributed by atoms with Gasteiger partial charge in [0.2, 0.25) is 0 Å². The lowest BCUT2D eigenvalue weighted by molar-refractivity contribution is 0.0187. The zero-order valence-electron chi connectivity index (χ0n) is 5.82. The van der Waals surface area contributed by atoms with E-state index < -0.39 is 18.8 Å². The molecule has 0 aliphatic heterocycles. The summed E-state index contributed by atoms with van der Waals surface area (Å²) in [4.78, 5) is 0.376. The van der Waals surface area contributed by atoms with Crippen molar-refractivity contribution < 1.29 is 15.3 Å². The van der Waals surface area contributed by atoms with E-state index in [1.54, 1.807) is 6.92 Å². The predicted octanol–water partition coefficient (Wildman–Crippen LogP) is -0.520. The molecular formula is C6H12O3S. The van der Waals surface area contributed by atoms with E-state index in [1.165, 1.54) is 0 Å². The summed E-state index contributed by atoms with van der Waals surface area (Å²) in [7, 11) is 0. The molecule has 0 aromatic rings. The van der Waals surface area contributed by atoms with Crippen LogP contribution < -0.4 is 0 Å². The van der Waals surface area contributed by atoms with Gasteiger partial charge in [-0.05, 0) is 6.42 Å². The van der Waals surface area contributed by atoms with E-state index >= 15 is 0 Å². The van der Waals surface area contributed by atoms with Gasteiger partial charge >= 0.3 is 0 Å². The van der Waals surface area contributed by atoms with Crippen LogP contribution in [0.3, 0.4) is 0 Å². The molecule has 2 atom stereocenters. The molecule has 0 aromatic carbocycles. The first-order valence-corrected chi connectivity index (χ1v) is 3.54. The molecule has 3 N–H and O–H groups in total. The van der Waals surface area contributed by atoms with Gasteiger partial charge in [-0.2, -0.15) is 0 Å². The molecular weight excluding hydrogens is 152 g/mol. The highest BCUT2D eigenvalue weighted by molar-refractivity contribution is 7.80. The van der Waals surface area contributed by atoms with Crippen LogP contribution in [0.2, 0.25) is 0 Å². The Morgan fingerprint density at radius 3 is 2.30 bits per heavy atom. The Bertz CT molecular complexity index is 116. The van der Waals surface area contributed by atoms with Crippen molar-refractivity contribution in [1.29, 1.82) is 0 Å². The fourth-order valence-electron chi connectivity index (χ4n) is 0.524. The minimum atomic E-state index is -1.13. The summed E-state index contributed by atoms with van der Waals surface area (Å²) >= 11 is 4.70. The average molecular weight is 164 g/mol. The van der Waals surface area contributed by atoms with Crippen molar-refractivity contribution in [3.63, 3.8) is 0 Å². The fourth-order valence-corrected chi connectivity index (χ4v) is 0.681. The van der Waals surface area contributed by atoms with Crippen molar-refractivity contribution in [3.8, 4) is 0 Å². The number of hydrogen-bond acceptors (Lipinski definition) is 4. The van der Waals surface area contributed by atoms with Crippen molar-refractivity contribution in [2.75, 3.05) is 6.61 Å². The van der Waals surface area contributed by atoms with Crippen LogP contribution in [-0.2, 0) is 0 Å². The lowest BCUT2D eigenvalue weighted by Gasteiger charge is -2.14. The molecule has 0 spiro atoms. The topological polar surface area (TPSA) is 60.7 Å². The molecule has 0 saturated carbocycles. The summed E-state index contributed by atoms with van der Waals surface area (Å²) in [5, 5.41) is 26.3. The van der Waals surface area contributed by atoms with Crippen molar-refractivity contribution in [1.82, 2.24) is 0 Å². The van der Waals surface area contributed by atoms with E-state index in [1.807, 2.05) is 0 Å². The highest BCUT2D eigenvalue weighted by Crippen LogP contribution is 1.99. The van der Waals surface area contributed by atoms with E-state index in [0.29, 0.717) is 11.3 Å². The monoisotopic (exact) mass is 164 g/mol. The third kappa shape index (κ3) is 2.70. The summed E-state index contributed by atoms with van der Waals surface area (Å²) in [6.45, 7) is 1.33. The molecule has 0 saturated heterocycles. The lowest BCUT2D eigenvalue weighted by Crippen LogP contribution is -2.34. The maximum atomic E-state index is 9.04. The number of rotatable bonds is 4. The minimum Gasteiger partial charge on any atom is -0.394 e. The Morgan fingerprint density at radius 1 is 1.50 bits per heavy atom. The summed E-state index contributed by atoms with van der Waals surface area (Å²) in [5.74, 6) is 0. The fraction of sp³-hybridized carbons (Fsp3) is 0.833. The van der Waals surface area contributed by atoms with Crippen LogP contribution in [0.5, 0.6) is 0 Å². The van der Waals surface area contributed by atoms with Gasteiger partial charge < -0.3 is 15.3 Å². The maximum Gasteiger partial charge on any atom is 0.113 e. The second-order valence-corrected chi connectivity index (χ2v) is 2.54. The first-order chi connectivity index (χ1) is 4.63. The van der Waals surface area contributed by atoms with Gasteiger partial charge in [0.05, 0.1) is 6.61 Å². The Kier molecular flexibility index (Phi) is 4.72. The Labute approximate surface area is 65.3 Å². The molecule has 0 radical (unpaired) electrons. The zero-order chi connectivity index (χ0) is 8.15. The molecule has 0 rings (SSSR count). The highest BCUT2D eigenvalue weighted by Gasteiger charge is 2.17. The van der Waals surface area contributed by atoms with Gasteiger partial charge in [0, 0.05) is 4.86 Å². The molecule has 4 heteroatoms. The smallest absolute Gasteiger partial charge is 0.113 e. The van der Waals surface area contributed by atoms with E-state index in [2.05, 4.69) is 0 Å². The molecule has 0 bridgehead atoms. The van der Waals surface area contributed by atoms with Gasteiger partial charge in [-0.15, -0.1) is 0 Å². The minimum absolute atomic E-state index is 0.376. The van der Waals surface area contributed by atoms with Crippen molar-refractivity contribution in [3.05, 3.63) is 0 Å². The summed E-state index contributed by atoms with van der Waals surface area (Å²) in [5.41, 5.74) is 0. The normalized spacial score (nSPS) is 16.4. The molecule has 0 aliphatic rings. The summed E-state index contributed by atoms with van der Waals surface area (Å²) in [6.07, 6.45) is -1.66. The molecule has 0 fully saturated rings. The van der Waals surface area contributed by atoms with Crippen LogP contribution in [0, 0.1) is 0 Å². The standard InChI is InChI=1S/C6H12O3S/c1-2-5(10)6(9)4(8)3-7/h4,6-9H,2-3H2,1H3/t4-,6-/m1/s1. The predicted molar refractivity (Wildman–Crippen MR) is 42.0 cm³/mol. The summed E-state index contributed by atoms with van der Waals surface area (Å²) < 4.78 is 0. The largest absolute Gasteiger partial charge is 0.394 e. The van der Waals surface area contributed by atoms with Crippen LogP contribution in [0.15, 0.2) is 0 Å². The van der Waals surface area contributed by atoms with Crippen molar-refractivity contribution in [2.45, 2.75) is 25.6 Å². The third-order valence-corrected chi connectivity index (χ3v) is 1.76. The molecule has 10 heavy (non-hydrogen) atoms. The highest BCUT2D eigenvalue weighted by atomic mass is 32.1.